The third-order valence-electron chi connectivity index (χ3n) is 2.66. The van der Waals surface area contributed by atoms with Crippen molar-refractivity contribution in [1.29, 1.82) is 0 Å². The Bertz CT molecular complexity index is 688. The first kappa shape index (κ1) is 15.9. The molecule has 0 heterocycles. The van der Waals surface area contributed by atoms with Crippen LogP contribution in [0.1, 0.15) is 10.4 Å². The Labute approximate surface area is 142 Å². The summed E-state index contributed by atoms with van der Waals surface area (Å²) in [4.78, 5) is 22.4. The molecular weight excluding hydrogens is 453 g/mol. The first-order chi connectivity index (χ1) is 9.99. The first-order valence-corrected chi connectivity index (χ1v) is 7.70. The normalized spacial score (nSPS) is 10.2. The molecule has 0 amide bonds. The topological polar surface area (TPSA) is 69.4 Å². The maximum Gasteiger partial charge on any atom is 0.312 e. The van der Waals surface area contributed by atoms with Gasteiger partial charge in [-0.05, 0) is 56.7 Å². The highest BCUT2D eigenvalue weighted by molar-refractivity contribution is 14.1. The summed E-state index contributed by atoms with van der Waals surface area (Å²) in [6.07, 6.45) is 0. The third kappa shape index (κ3) is 4.01. The molecule has 0 saturated heterocycles. The van der Waals surface area contributed by atoms with Gasteiger partial charge in [-0.1, -0.05) is 18.2 Å². The lowest BCUT2D eigenvalue weighted by Crippen LogP contribution is -2.12. The van der Waals surface area contributed by atoms with Crippen LogP contribution in [0.3, 0.4) is 0 Å². The molecule has 0 spiro atoms. The summed E-state index contributed by atoms with van der Waals surface area (Å²) < 4.78 is 6.79. The third-order valence-corrected chi connectivity index (χ3v) is 4.00. The van der Waals surface area contributed by atoms with Crippen molar-refractivity contribution >= 4 is 50.0 Å². The number of carbonyl (C=O) groups is 1. The SMILES string of the molecule is O=C(COc1c(Br)cccc1[N+](=O)[O-])c1ccc(I)cc1. The summed E-state index contributed by atoms with van der Waals surface area (Å²) in [5.74, 6) is -0.183. The van der Waals surface area contributed by atoms with Crippen molar-refractivity contribution in [2.24, 2.45) is 0 Å². The van der Waals surface area contributed by atoms with Gasteiger partial charge in [0.1, 0.15) is 0 Å². The van der Waals surface area contributed by atoms with E-state index in [1.54, 1.807) is 18.2 Å². The Morgan fingerprint density at radius 3 is 2.52 bits per heavy atom. The molecule has 0 aliphatic carbocycles. The molecule has 7 heteroatoms. The summed E-state index contributed by atoms with van der Waals surface area (Å²) in [7, 11) is 0. The van der Waals surface area contributed by atoms with E-state index in [0.29, 0.717) is 10.0 Å². The minimum absolute atomic E-state index is 0.0568. The van der Waals surface area contributed by atoms with Gasteiger partial charge in [0.2, 0.25) is 5.75 Å². The molecule has 0 N–H and O–H groups in total. The lowest BCUT2D eigenvalue weighted by atomic mass is 10.1. The molecule has 0 unspecified atom stereocenters. The molecule has 0 saturated carbocycles. The van der Waals surface area contributed by atoms with Crippen LogP contribution >= 0.6 is 38.5 Å². The van der Waals surface area contributed by atoms with Gasteiger partial charge in [0.25, 0.3) is 0 Å². The van der Waals surface area contributed by atoms with E-state index in [-0.39, 0.29) is 23.8 Å². The molecule has 2 aromatic rings. The van der Waals surface area contributed by atoms with Crippen molar-refractivity contribution in [1.82, 2.24) is 0 Å². The van der Waals surface area contributed by atoms with Crippen LogP contribution in [0.5, 0.6) is 5.75 Å². The summed E-state index contributed by atoms with van der Waals surface area (Å²) in [6, 6.07) is 11.5. The number of hydrogen-bond acceptors (Lipinski definition) is 4. The Morgan fingerprint density at radius 2 is 1.90 bits per heavy atom. The molecule has 0 radical (unpaired) electrons. The van der Waals surface area contributed by atoms with Crippen LogP contribution in [-0.2, 0) is 0 Å². The van der Waals surface area contributed by atoms with Crippen LogP contribution < -0.4 is 4.74 Å². The minimum atomic E-state index is -0.546. The summed E-state index contributed by atoms with van der Waals surface area (Å²) in [5, 5.41) is 10.9. The van der Waals surface area contributed by atoms with Gasteiger partial charge in [0, 0.05) is 15.2 Å². The van der Waals surface area contributed by atoms with E-state index in [1.165, 1.54) is 12.1 Å². The number of benzene rings is 2. The average molecular weight is 462 g/mol. The van der Waals surface area contributed by atoms with Crippen molar-refractivity contribution in [2.45, 2.75) is 0 Å². The maximum atomic E-state index is 12.0. The number of ketones is 1. The Hall–Kier alpha value is -1.48. The van der Waals surface area contributed by atoms with Gasteiger partial charge < -0.3 is 4.74 Å². The van der Waals surface area contributed by atoms with E-state index in [0.717, 1.165) is 3.57 Å². The van der Waals surface area contributed by atoms with E-state index in [9.17, 15) is 14.9 Å². The second kappa shape index (κ2) is 6.99. The van der Waals surface area contributed by atoms with Crippen LogP contribution in [0.25, 0.3) is 0 Å². The van der Waals surface area contributed by atoms with Gasteiger partial charge in [0.15, 0.2) is 12.4 Å². The quantitative estimate of drug-likeness (QED) is 0.289. The zero-order valence-electron chi connectivity index (χ0n) is 10.6. The second-order valence-corrected chi connectivity index (χ2v) is 6.16. The monoisotopic (exact) mass is 461 g/mol. The molecule has 0 aliphatic heterocycles. The fourth-order valence-electron chi connectivity index (χ4n) is 1.64. The molecule has 108 valence electrons. The van der Waals surface area contributed by atoms with Gasteiger partial charge in [-0.3, -0.25) is 14.9 Å². The molecular formula is C14H9BrINO4. The molecule has 0 aromatic heterocycles. The van der Waals surface area contributed by atoms with Crippen molar-refractivity contribution in [2.75, 3.05) is 6.61 Å². The van der Waals surface area contributed by atoms with Crippen molar-refractivity contribution in [3.8, 4) is 5.75 Å². The summed E-state index contributed by atoms with van der Waals surface area (Å²) in [5.41, 5.74) is 0.324. The van der Waals surface area contributed by atoms with Gasteiger partial charge >= 0.3 is 5.69 Å². The highest BCUT2D eigenvalue weighted by Crippen LogP contribution is 2.34. The highest BCUT2D eigenvalue weighted by atomic mass is 127. The fraction of sp³-hybridized carbons (Fsp3) is 0.0714. The minimum Gasteiger partial charge on any atom is -0.478 e. The average Bonchev–Trinajstić information content (AvgIpc) is 2.46. The van der Waals surface area contributed by atoms with Crippen molar-refractivity contribution in [3.63, 3.8) is 0 Å². The number of ether oxygens (including phenoxy) is 1. The fourth-order valence-corrected chi connectivity index (χ4v) is 2.47. The van der Waals surface area contributed by atoms with Crippen LogP contribution in [0.15, 0.2) is 46.9 Å². The Balaban J connectivity index is 2.15. The van der Waals surface area contributed by atoms with Crippen LogP contribution in [-0.4, -0.2) is 17.3 Å². The van der Waals surface area contributed by atoms with Gasteiger partial charge in [-0.25, -0.2) is 0 Å². The number of nitro benzene ring substituents is 1. The molecule has 0 aliphatic rings. The number of halogens is 2. The zero-order valence-corrected chi connectivity index (χ0v) is 14.3. The van der Waals surface area contributed by atoms with Gasteiger partial charge in [0.05, 0.1) is 9.40 Å². The van der Waals surface area contributed by atoms with Crippen LogP contribution in [0.2, 0.25) is 0 Å². The Morgan fingerprint density at radius 1 is 1.24 bits per heavy atom. The van der Waals surface area contributed by atoms with E-state index in [4.69, 9.17) is 4.74 Å². The lowest BCUT2D eigenvalue weighted by molar-refractivity contribution is -0.385. The van der Waals surface area contributed by atoms with Gasteiger partial charge in [-0.15, -0.1) is 0 Å². The molecule has 5 nitrogen and oxygen atoms in total. The van der Waals surface area contributed by atoms with Crippen LogP contribution in [0, 0.1) is 13.7 Å². The second-order valence-electron chi connectivity index (χ2n) is 4.06. The van der Waals surface area contributed by atoms with E-state index < -0.39 is 4.92 Å². The lowest BCUT2D eigenvalue weighted by Gasteiger charge is -2.08. The molecule has 2 aromatic carbocycles. The number of nitro groups is 1. The van der Waals surface area contributed by atoms with Crippen LogP contribution in [0.4, 0.5) is 5.69 Å². The Kier molecular flexibility index (Phi) is 5.29. The molecule has 2 rings (SSSR count). The predicted octanol–water partition coefficient (Wildman–Crippen LogP) is 4.22. The smallest absolute Gasteiger partial charge is 0.312 e. The first-order valence-electron chi connectivity index (χ1n) is 5.83. The molecule has 0 bridgehead atoms. The highest BCUT2D eigenvalue weighted by Gasteiger charge is 2.19. The van der Waals surface area contributed by atoms with E-state index in [1.807, 2.05) is 12.1 Å². The molecule has 21 heavy (non-hydrogen) atoms. The molecule has 0 atom stereocenters. The van der Waals surface area contributed by atoms with Crippen molar-refractivity contribution < 1.29 is 14.5 Å². The number of rotatable bonds is 5. The largest absolute Gasteiger partial charge is 0.478 e. The molecule has 0 fully saturated rings. The van der Waals surface area contributed by atoms with Gasteiger partial charge in [-0.2, -0.15) is 0 Å². The van der Waals surface area contributed by atoms with Crippen molar-refractivity contribution in [3.05, 3.63) is 66.2 Å². The number of para-hydroxylation sites is 1. The van der Waals surface area contributed by atoms with E-state index in [2.05, 4.69) is 38.5 Å². The number of Topliss-reactive ketones (excluding diaryl/α,β-unsaturated/α-hetero) is 1. The number of carbonyl (C=O) groups excluding carboxylic acids is 1. The standard InChI is InChI=1S/C14H9BrINO4/c15-11-2-1-3-12(17(19)20)14(11)21-8-13(18)9-4-6-10(16)7-5-9/h1-7H,8H2. The predicted molar refractivity (Wildman–Crippen MR) is 89.8 cm³/mol. The number of hydrogen-bond donors (Lipinski definition) is 0. The zero-order chi connectivity index (χ0) is 15.4. The number of nitrogens with zero attached hydrogens (tertiary/aromatic N) is 1. The summed E-state index contributed by atoms with van der Waals surface area (Å²) >= 11 is 5.33. The maximum absolute atomic E-state index is 12.0. The van der Waals surface area contributed by atoms with E-state index >= 15 is 0 Å². The summed E-state index contributed by atoms with van der Waals surface area (Å²) in [6.45, 7) is -0.260.